The lowest BCUT2D eigenvalue weighted by Crippen LogP contribution is -2.45. The van der Waals surface area contributed by atoms with Crippen LogP contribution in [0, 0.1) is 0 Å². The molecule has 0 aromatic heterocycles. The molecule has 0 fully saturated rings. The molecule has 6 heteroatoms. The molecule has 2 atom stereocenters. The van der Waals surface area contributed by atoms with Gasteiger partial charge >= 0.3 is 5.97 Å². The van der Waals surface area contributed by atoms with Gasteiger partial charge in [0.2, 0.25) is 5.91 Å². The topological polar surface area (TPSA) is 95.9 Å². The fourth-order valence-electron chi connectivity index (χ4n) is 11.2. The van der Waals surface area contributed by atoms with Crippen molar-refractivity contribution in [3.63, 3.8) is 0 Å². The third-order valence-electron chi connectivity index (χ3n) is 16.6. The number of nitrogens with one attached hydrogen (secondary N) is 1. The number of esters is 1. The smallest absolute Gasteiger partial charge is 0.305 e. The molecular formula is C70H137NO5. The van der Waals surface area contributed by atoms with Crippen molar-refractivity contribution in [2.75, 3.05) is 13.2 Å². The maximum absolute atomic E-state index is 12.5. The number of hydrogen-bond acceptors (Lipinski definition) is 5. The maximum atomic E-state index is 12.5. The summed E-state index contributed by atoms with van der Waals surface area (Å²) in [6.45, 7) is 4.98. The highest BCUT2D eigenvalue weighted by Crippen LogP contribution is 2.19. The zero-order valence-electron chi connectivity index (χ0n) is 51.8. The van der Waals surface area contributed by atoms with Crippen LogP contribution in [0.3, 0.4) is 0 Å². The van der Waals surface area contributed by atoms with Crippen molar-refractivity contribution in [3.05, 3.63) is 12.2 Å². The maximum Gasteiger partial charge on any atom is 0.305 e. The van der Waals surface area contributed by atoms with Gasteiger partial charge in [-0.25, -0.2) is 0 Å². The van der Waals surface area contributed by atoms with Crippen LogP contribution in [0.4, 0.5) is 0 Å². The average molecular weight is 1070 g/mol. The first kappa shape index (κ1) is 74.6. The van der Waals surface area contributed by atoms with E-state index in [1.54, 1.807) is 0 Å². The second kappa shape index (κ2) is 66.1. The number of unbranched alkanes of at least 4 members (excludes halogenated alkanes) is 53. The quantitative estimate of drug-likeness (QED) is 0.0320. The van der Waals surface area contributed by atoms with Crippen molar-refractivity contribution in [2.24, 2.45) is 0 Å². The Bertz CT molecular complexity index is 1140. The molecule has 0 radical (unpaired) electrons. The van der Waals surface area contributed by atoms with Gasteiger partial charge in [-0.3, -0.25) is 9.59 Å². The van der Waals surface area contributed by atoms with Gasteiger partial charge in [-0.15, -0.1) is 0 Å². The van der Waals surface area contributed by atoms with Crippen LogP contribution in [-0.2, 0) is 14.3 Å². The van der Waals surface area contributed by atoms with Crippen LogP contribution in [0.1, 0.15) is 399 Å². The summed E-state index contributed by atoms with van der Waals surface area (Å²) in [4.78, 5) is 24.6. The minimum atomic E-state index is -0.673. The molecule has 0 heterocycles. The molecule has 452 valence electrons. The zero-order chi connectivity index (χ0) is 55.0. The molecule has 0 spiro atoms. The van der Waals surface area contributed by atoms with E-state index in [0.29, 0.717) is 25.9 Å². The molecule has 0 saturated carbocycles. The lowest BCUT2D eigenvalue weighted by atomic mass is 10.0. The molecule has 0 aromatic rings. The standard InChI is InChI=1S/C70H137NO5/c1-3-5-7-9-11-13-15-17-19-21-22-23-24-25-26-27-28-31-34-38-42-46-50-54-58-62-68(73)67(66-72)71-69(74)63-59-55-51-47-43-39-35-32-29-33-37-41-45-49-53-57-61-65-76-70(75)64-60-56-52-48-44-40-36-30-20-18-16-14-12-10-8-6-4-2/h29,33,67-68,72-73H,3-28,30-32,34-66H2,1-2H3,(H,71,74)/b33-29-. The van der Waals surface area contributed by atoms with E-state index < -0.39 is 12.1 Å². The number of rotatable bonds is 66. The van der Waals surface area contributed by atoms with Crippen LogP contribution in [0.25, 0.3) is 0 Å². The third kappa shape index (κ3) is 61.8. The molecule has 6 nitrogen and oxygen atoms in total. The number of ether oxygens (including phenoxy) is 1. The van der Waals surface area contributed by atoms with Gasteiger partial charge in [0.15, 0.2) is 0 Å². The summed E-state index contributed by atoms with van der Waals surface area (Å²) in [5.41, 5.74) is 0. The first-order valence-electron chi connectivity index (χ1n) is 34.9. The van der Waals surface area contributed by atoms with Gasteiger partial charge in [0, 0.05) is 12.8 Å². The largest absolute Gasteiger partial charge is 0.466 e. The molecule has 0 aliphatic carbocycles. The van der Waals surface area contributed by atoms with E-state index in [0.717, 1.165) is 51.4 Å². The van der Waals surface area contributed by atoms with Gasteiger partial charge in [-0.1, -0.05) is 347 Å². The minimum Gasteiger partial charge on any atom is -0.466 e. The van der Waals surface area contributed by atoms with E-state index in [1.807, 2.05) is 0 Å². The average Bonchev–Trinajstić information content (AvgIpc) is 3.42. The summed E-state index contributed by atoms with van der Waals surface area (Å²) in [5.74, 6) is -0.0380. The second-order valence-electron chi connectivity index (χ2n) is 24.2. The molecule has 76 heavy (non-hydrogen) atoms. The molecule has 0 aromatic carbocycles. The molecule has 3 N–H and O–H groups in total. The van der Waals surface area contributed by atoms with Crippen molar-refractivity contribution in [2.45, 2.75) is 411 Å². The Balaban J connectivity index is 3.42. The lowest BCUT2D eigenvalue weighted by Gasteiger charge is -2.22. The fraction of sp³-hybridized carbons (Fsp3) is 0.943. The highest BCUT2D eigenvalue weighted by Gasteiger charge is 2.20. The normalized spacial score (nSPS) is 12.5. The van der Waals surface area contributed by atoms with Gasteiger partial charge in [-0.2, -0.15) is 0 Å². The van der Waals surface area contributed by atoms with Gasteiger partial charge < -0.3 is 20.3 Å². The SMILES string of the molecule is CCCCCCCCCCCCCCCCCCCCCCCCCCCC(O)C(CO)NC(=O)CCCCCCCCC/C=C\CCCCCCCCOC(=O)CCCCCCCCCCCCCCCCCCC. The van der Waals surface area contributed by atoms with Crippen LogP contribution in [0.2, 0.25) is 0 Å². The van der Waals surface area contributed by atoms with Crippen LogP contribution in [-0.4, -0.2) is 47.4 Å². The van der Waals surface area contributed by atoms with E-state index >= 15 is 0 Å². The van der Waals surface area contributed by atoms with Gasteiger partial charge in [0.25, 0.3) is 0 Å². The summed E-state index contributed by atoms with van der Waals surface area (Å²) >= 11 is 0. The van der Waals surface area contributed by atoms with Crippen LogP contribution in [0.15, 0.2) is 12.2 Å². The summed E-state index contributed by atoms with van der Waals surface area (Å²) < 4.78 is 5.49. The predicted octanol–water partition coefficient (Wildman–Crippen LogP) is 22.4. The van der Waals surface area contributed by atoms with Gasteiger partial charge in [0.05, 0.1) is 25.4 Å². The van der Waals surface area contributed by atoms with Crippen LogP contribution < -0.4 is 5.32 Å². The number of carbonyl (C=O) groups excluding carboxylic acids is 2. The Hall–Kier alpha value is -1.40. The van der Waals surface area contributed by atoms with E-state index in [9.17, 15) is 19.8 Å². The molecule has 0 bridgehead atoms. The summed E-state index contributed by atoms with van der Waals surface area (Å²) in [6.07, 6.45) is 81.0. The van der Waals surface area contributed by atoms with Crippen molar-refractivity contribution in [3.8, 4) is 0 Å². The molecule has 0 aliphatic rings. The van der Waals surface area contributed by atoms with E-state index in [4.69, 9.17) is 4.74 Å². The Morgan fingerprint density at radius 3 is 0.934 bits per heavy atom. The Morgan fingerprint density at radius 1 is 0.355 bits per heavy atom. The number of carbonyl (C=O) groups is 2. The molecule has 1 amide bonds. The van der Waals surface area contributed by atoms with E-state index in [1.165, 1.54) is 315 Å². The number of allylic oxidation sites excluding steroid dienone is 2. The van der Waals surface area contributed by atoms with E-state index in [2.05, 4.69) is 31.3 Å². The van der Waals surface area contributed by atoms with Crippen molar-refractivity contribution in [1.82, 2.24) is 5.32 Å². The van der Waals surface area contributed by atoms with Crippen LogP contribution in [0.5, 0.6) is 0 Å². The first-order valence-corrected chi connectivity index (χ1v) is 34.9. The van der Waals surface area contributed by atoms with Crippen molar-refractivity contribution < 1.29 is 24.5 Å². The highest BCUT2D eigenvalue weighted by molar-refractivity contribution is 5.76. The van der Waals surface area contributed by atoms with Crippen LogP contribution >= 0.6 is 0 Å². The number of hydrogen-bond donors (Lipinski definition) is 3. The molecule has 0 aliphatic heterocycles. The number of aliphatic hydroxyl groups is 2. The predicted molar refractivity (Wildman–Crippen MR) is 333 cm³/mol. The number of amides is 1. The summed E-state index contributed by atoms with van der Waals surface area (Å²) in [5, 5.41) is 23.4. The first-order chi connectivity index (χ1) is 37.5. The molecule has 2 unspecified atom stereocenters. The van der Waals surface area contributed by atoms with E-state index in [-0.39, 0.29) is 18.5 Å². The van der Waals surface area contributed by atoms with Crippen molar-refractivity contribution >= 4 is 11.9 Å². The fourth-order valence-corrected chi connectivity index (χ4v) is 11.2. The Kier molecular flexibility index (Phi) is 64.9. The molecule has 0 rings (SSSR count). The Labute approximate surface area is 476 Å². The summed E-state index contributed by atoms with van der Waals surface area (Å²) in [6, 6.07) is -0.551. The second-order valence-corrected chi connectivity index (χ2v) is 24.2. The minimum absolute atomic E-state index is 0.00365. The Morgan fingerprint density at radius 2 is 0.618 bits per heavy atom. The summed E-state index contributed by atoms with van der Waals surface area (Å²) in [7, 11) is 0. The molecular weight excluding hydrogens is 935 g/mol. The number of aliphatic hydroxyl groups excluding tert-OH is 2. The highest BCUT2D eigenvalue weighted by atomic mass is 16.5. The zero-order valence-corrected chi connectivity index (χ0v) is 51.8. The molecule has 0 saturated heterocycles. The monoisotopic (exact) mass is 1070 g/mol. The van der Waals surface area contributed by atoms with Crippen molar-refractivity contribution in [1.29, 1.82) is 0 Å². The lowest BCUT2D eigenvalue weighted by molar-refractivity contribution is -0.143. The third-order valence-corrected chi connectivity index (χ3v) is 16.6. The van der Waals surface area contributed by atoms with Gasteiger partial charge in [-0.05, 0) is 51.4 Å². The van der Waals surface area contributed by atoms with Gasteiger partial charge in [0.1, 0.15) is 0 Å².